The fraction of sp³-hybridized carbons (Fsp3) is 0.846. The van der Waals surface area contributed by atoms with Crippen molar-refractivity contribution in [3.05, 3.63) is 0 Å². The van der Waals surface area contributed by atoms with Crippen LogP contribution in [0.15, 0.2) is 0 Å². The Morgan fingerprint density at radius 2 is 1.89 bits per heavy atom. The zero-order chi connectivity index (χ0) is 14.3. The maximum atomic E-state index is 11.3. The molecule has 0 aliphatic rings. The van der Waals surface area contributed by atoms with Gasteiger partial charge in [0.05, 0.1) is 12.5 Å². The van der Waals surface area contributed by atoms with Crippen molar-refractivity contribution in [3.63, 3.8) is 0 Å². The van der Waals surface area contributed by atoms with E-state index in [1.165, 1.54) is 6.92 Å². The zero-order valence-corrected chi connectivity index (χ0v) is 11.8. The maximum absolute atomic E-state index is 11.3. The van der Waals surface area contributed by atoms with Crippen LogP contribution in [0.3, 0.4) is 0 Å². The summed E-state index contributed by atoms with van der Waals surface area (Å²) < 4.78 is 0. The van der Waals surface area contributed by atoms with Crippen molar-refractivity contribution < 1.29 is 14.7 Å². The number of aliphatic carboxylic acids is 1. The number of nitrogens with two attached hydrogens (primary N) is 1. The zero-order valence-electron chi connectivity index (χ0n) is 11.8. The van der Waals surface area contributed by atoms with Gasteiger partial charge in [-0.2, -0.15) is 0 Å². The van der Waals surface area contributed by atoms with Gasteiger partial charge in [-0.25, -0.2) is 5.84 Å². The summed E-state index contributed by atoms with van der Waals surface area (Å²) in [7, 11) is 0. The third kappa shape index (κ3) is 5.49. The van der Waals surface area contributed by atoms with Gasteiger partial charge in [-0.05, 0) is 11.8 Å². The number of nitrogens with zero attached hydrogens (tertiary/aromatic N) is 1. The topological polar surface area (TPSA) is 83.6 Å². The highest BCUT2D eigenvalue weighted by Gasteiger charge is 2.30. The number of hydrogen-bond donors (Lipinski definition) is 2. The fourth-order valence-corrected chi connectivity index (χ4v) is 2.12. The lowest BCUT2D eigenvalue weighted by atomic mass is 9.84. The molecule has 0 aliphatic carbocycles. The van der Waals surface area contributed by atoms with Crippen molar-refractivity contribution in [1.29, 1.82) is 0 Å². The molecule has 1 amide bonds. The van der Waals surface area contributed by atoms with Crippen LogP contribution in [0.5, 0.6) is 0 Å². The predicted molar refractivity (Wildman–Crippen MR) is 70.6 cm³/mol. The van der Waals surface area contributed by atoms with Crippen molar-refractivity contribution in [2.24, 2.45) is 17.7 Å². The lowest BCUT2D eigenvalue weighted by Crippen LogP contribution is -2.49. The minimum Gasteiger partial charge on any atom is -0.481 e. The van der Waals surface area contributed by atoms with Crippen molar-refractivity contribution >= 4 is 11.9 Å². The van der Waals surface area contributed by atoms with E-state index in [0.29, 0.717) is 5.92 Å². The Bertz CT molecular complexity index is 281. The first-order chi connectivity index (χ1) is 8.31. The van der Waals surface area contributed by atoms with Crippen LogP contribution in [0.25, 0.3) is 0 Å². The van der Waals surface area contributed by atoms with Gasteiger partial charge in [-0.1, -0.05) is 40.0 Å². The highest BCUT2D eigenvalue weighted by molar-refractivity contribution is 5.74. The van der Waals surface area contributed by atoms with Gasteiger partial charge in [-0.15, -0.1) is 0 Å². The van der Waals surface area contributed by atoms with Crippen molar-refractivity contribution in [2.75, 3.05) is 0 Å². The molecule has 0 aromatic carbocycles. The second kappa shape index (κ2) is 8.08. The fourth-order valence-electron chi connectivity index (χ4n) is 2.12. The monoisotopic (exact) mass is 258 g/mol. The van der Waals surface area contributed by atoms with E-state index in [1.54, 1.807) is 0 Å². The summed E-state index contributed by atoms with van der Waals surface area (Å²) in [6.07, 6.45) is 3.14. The molecule has 0 aromatic heterocycles. The summed E-state index contributed by atoms with van der Waals surface area (Å²) >= 11 is 0. The molecule has 0 heterocycles. The van der Waals surface area contributed by atoms with Crippen molar-refractivity contribution in [1.82, 2.24) is 5.01 Å². The van der Waals surface area contributed by atoms with Crippen LogP contribution in [0.1, 0.15) is 53.4 Å². The van der Waals surface area contributed by atoms with Gasteiger partial charge in [-0.3, -0.25) is 14.6 Å². The summed E-state index contributed by atoms with van der Waals surface area (Å²) in [5.74, 6) is 4.89. The highest BCUT2D eigenvalue weighted by Crippen LogP contribution is 2.25. The van der Waals surface area contributed by atoms with Gasteiger partial charge < -0.3 is 5.11 Å². The van der Waals surface area contributed by atoms with E-state index in [1.807, 2.05) is 6.92 Å². The molecule has 5 nitrogen and oxygen atoms in total. The molecule has 0 fully saturated rings. The summed E-state index contributed by atoms with van der Waals surface area (Å²) in [5, 5.41) is 10.00. The van der Waals surface area contributed by atoms with E-state index in [-0.39, 0.29) is 18.2 Å². The molecular weight excluding hydrogens is 232 g/mol. The molecule has 3 atom stereocenters. The second-order valence-electron chi connectivity index (χ2n) is 5.07. The number of carboxylic acids is 1. The number of carbonyl (C=O) groups is 2. The van der Waals surface area contributed by atoms with E-state index in [4.69, 9.17) is 10.9 Å². The Morgan fingerprint density at radius 3 is 2.28 bits per heavy atom. The normalized spacial score (nSPS) is 15.8. The van der Waals surface area contributed by atoms with Gasteiger partial charge in [0.25, 0.3) is 0 Å². The van der Waals surface area contributed by atoms with E-state index < -0.39 is 12.0 Å². The van der Waals surface area contributed by atoms with Crippen LogP contribution >= 0.6 is 0 Å². The molecule has 0 rings (SSSR count). The van der Waals surface area contributed by atoms with Gasteiger partial charge >= 0.3 is 5.97 Å². The molecule has 0 aromatic rings. The Balaban J connectivity index is 4.72. The Kier molecular flexibility index (Phi) is 7.59. The average molecular weight is 258 g/mol. The number of hydrogen-bond acceptors (Lipinski definition) is 3. The Morgan fingerprint density at radius 1 is 1.33 bits per heavy atom. The molecule has 0 spiro atoms. The minimum atomic E-state index is -0.925. The average Bonchev–Trinajstić information content (AvgIpc) is 2.30. The molecule has 0 saturated carbocycles. The third-order valence-corrected chi connectivity index (χ3v) is 3.62. The van der Waals surface area contributed by atoms with Crippen LogP contribution in [-0.2, 0) is 9.59 Å². The summed E-state index contributed by atoms with van der Waals surface area (Å²) in [4.78, 5) is 22.2. The first-order valence-electron chi connectivity index (χ1n) is 6.57. The number of carboxylic acid groups (broad SMARTS) is 1. The summed E-state index contributed by atoms with van der Waals surface area (Å²) in [5.41, 5.74) is 0. The molecule has 0 radical (unpaired) electrons. The Hall–Kier alpha value is -1.10. The standard InChI is InChI=1S/C13H26N2O3/c1-5-6-7-9(2)10(3)12(8-13(17)18)15(14)11(4)16/h9-10,12H,5-8,14H2,1-4H3,(H,17,18). The van der Waals surface area contributed by atoms with E-state index in [0.717, 1.165) is 24.3 Å². The lowest BCUT2D eigenvalue weighted by molar-refractivity contribution is -0.142. The van der Waals surface area contributed by atoms with Crippen LogP contribution in [0, 0.1) is 11.8 Å². The van der Waals surface area contributed by atoms with Gasteiger partial charge in [0.15, 0.2) is 0 Å². The summed E-state index contributed by atoms with van der Waals surface area (Å²) in [6, 6.07) is -0.438. The molecule has 3 N–H and O–H groups in total. The van der Waals surface area contributed by atoms with Crippen LogP contribution in [0.2, 0.25) is 0 Å². The first kappa shape index (κ1) is 16.9. The quantitative estimate of drug-likeness (QED) is 0.396. The van der Waals surface area contributed by atoms with Crippen LogP contribution in [-0.4, -0.2) is 28.0 Å². The van der Waals surface area contributed by atoms with Gasteiger partial charge in [0.2, 0.25) is 5.91 Å². The van der Waals surface area contributed by atoms with Crippen molar-refractivity contribution in [3.8, 4) is 0 Å². The summed E-state index contributed by atoms with van der Waals surface area (Å²) in [6.45, 7) is 7.54. The molecular formula is C13H26N2O3. The first-order valence-corrected chi connectivity index (χ1v) is 6.57. The SMILES string of the molecule is CCCCC(C)C(C)C(CC(=O)O)N(N)C(C)=O. The molecule has 0 saturated heterocycles. The van der Waals surface area contributed by atoms with Gasteiger partial charge in [0, 0.05) is 6.92 Å². The molecule has 106 valence electrons. The number of hydrazine groups is 1. The third-order valence-electron chi connectivity index (χ3n) is 3.62. The van der Waals surface area contributed by atoms with Crippen LogP contribution in [0.4, 0.5) is 0 Å². The number of amides is 1. The molecule has 5 heteroatoms. The second-order valence-corrected chi connectivity index (χ2v) is 5.07. The van der Waals surface area contributed by atoms with Crippen LogP contribution < -0.4 is 5.84 Å². The predicted octanol–water partition coefficient (Wildman–Crippen LogP) is 2.01. The van der Waals surface area contributed by atoms with E-state index in [2.05, 4.69) is 13.8 Å². The number of unbranched alkanes of at least 4 members (excludes halogenated alkanes) is 1. The lowest BCUT2D eigenvalue weighted by Gasteiger charge is -2.34. The number of rotatable bonds is 8. The van der Waals surface area contributed by atoms with E-state index >= 15 is 0 Å². The largest absolute Gasteiger partial charge is 0.481 e. The molecule has 0 aliphatic heterocycles. The van der Waals surface area contributed by atoms with E-state index in [9.17, 15) is 9.59 Å². The van der Waals surface area contributed by atoms with Crippen molar-refractivity contribution in [2.45, 2.75) is 59.4 Å². The number of carbonyl (C=O) groups excluding carboxylic acids is 1. The molecule has 0 bridgehead atoms. The highest BCUT2D eigenvalue weighted by atomic mass is 16.4. The minimum absolute atomic E-state index is 0.0709. The molecule has 18 heavy (non-hydrogen) atoms. The maximum Gasteiger partial charge on any atom is 0.305 e. The van der Waals surface area contributed by atoms with Gasteiger partial charge in [0.1, 0.15) is 0 Å². The Labute approximate surface area is 109 Å². The molecule has 3 unspecified atom stereocenters. The smallest absolute Gasteiger partial charge is 0.305 e.